The molecule has 0 aromatic heterocycles. The quantitative estimate of drug-likeness (QED) is 0.354. The van der Waals surface area contributed by atoms with Gasteiger partial charge < -0.3 is 20.1 Å². The van der Waals surface area contributed by atoms with Gasteiger partial charge in [0.15, 0.2) is 17.5 Å². The Morgan fingerprint density at radius 3 is 2.26 bits per heavy atom. The van der Waals surface area contributed by atoms with Gasteiger partial charge >= 0.3 is 0 Å². The summed E-state index contributed by atoms with van der Waals surface area (Å²) in [5, 5.41) is 6.72. The Morgan fingerprint density at radius 1 is 1.00 bits per heavy atom. The maximum Gasteiger partial charge on any atom is 0.191 e. The zero-order valence-electron chi connectivity index (χ0n) is 16.7. The Kier molecular flexibility index (Phi) is 9.99. The van der Waals surface area contributed by atoms with Crippen LogP contribution >= 0.6 is 24.0 Å². The number of nitrogens with zero attached hydrogens (tertiary/aromatic N) is 1. The molecule has 0 aliphatic rings. The Morgan fingerprint density at radius 2 is 1.67 bits per heavy atom. The molecule has 0 heterocycles. The minimum atomic E-state index is 0. The van der Waals surface area contributed by atoms with Crippen LogP contribution in [0.15, 0.2) is 47.5 Å². The highest BCUT2D eigenvalue weighted by Crippen LogP contribution is 2.27. The van der Waals surface area contributed by atoms with E-state index >= 15 is 0 Å². The molecule has 27 heavy (non-hydrogen) atoms. The van der Waals surface area contributed by atoms with Crippen LogP contribution in [0.5, 0.6) is 11.5 Å². The van der Waals surface area contributed by atoms with Crippen LogP contribution in [0.1, 0.15) is 29.5 Å². The molecule has 148 valence electrons. The normalized spacial score (nSPS) is 12.0. The largest absolute Gasteiger partial charge is 0.493 e. The summed E-state index contributed by atoms with van der Waals surface area (Å²) in [5.74, 6) is 2.63. The summed E-state index contributed by atoms with van der Waals surface area (Å²) in [6.07, 6.45) is 0. The maximum atomic E-state index is 5.35. The van der Waals surface area contributed by atoms with Crippen molar-refractivity contribution in [3.05, 3.63) is 59.2 Å². The number of halogens is 1. The molecular weight excluding hydrogens is 453 g/mol. The van der Waals surface area contributed by atoms with E-state index in [2.05, 4.69) is 53.7 Å². The van der Waals surface area contributed by atoms with Gasteiger partial charge in [-0.05, 0) is 36.1 Å². The average molecular weight is 483 g/mol. The van der Waals surface area contributed by atoms with Crippen molar-refractivity contribution in [2.24, 2.45) is 4.99 Å². The number of hydrogen-bond acceptors (Lipinski definition) is 3. The highest BCUT2D eigenvalue weighted by molar-refractivity contribution is 14.0. The van der Waals surface area contributed by atoms with Gasteiger partial charge in [-0.3, -0.25) is 4.99 Å². The van der Waals surface area contributed by atoms with Gasteiger partial charge in [0.05, 0.1) is 14.2 Å². The number of aryl methyl sites for hydroxylation is 1. The number of methoxy groups -OCH3 is 2. The summed E-state index contributed by atoms with van der Waals surface area (Å²) in [5.41, 5.74) is 3.69. The zero-order valence-corrected chi connectivity index (χ0v) is 19.0. The molecule has 0 saturated heterocycles. The second-order valence-electron chi connectivity index (χ2n) is 6.31. The topological polar surface area (TPSA) is 54.9 Å². The fourth-order valence-corrected chi connectivity index (χ4v) is 2.66. The number of aliphatic imine (C=N–C) groups is 1. The minimum absolute atomic E-state index is 0. The highest BCUT2D eigenvalue weighted by atomic mass is 127. The standard InChI is InChI=1S/C21H29N3O2.HI/c1-15-6-9-18(10-7-15)16(2)13-23-21(22-3)24-14-17-8-11-19(25-4)20(12-17)26-5;/h6-12,16H,13-14H2,1-5H3,(H2,22,23,24);1H. The highest BCUT2D eigenvalue weighted by Gasteiger charge is 2.08. The Balaban J connectivity index is 0.00000364. The molecule has 0 saturated carbocycles. The predicted octanol–water partition coefficient (Wildman–Crippen LogP) is 4.10. The van der Waals surface area contributed by atoms with Crippen LogP contribution in [0.3, 0.4) is 0 Å². The lowest BCUT2D eigenvalue weighted by atomic mass is 10.0. The van der Waals surface area contributed by atoms with E-state index in [9.17, 15) is 0 Å². The Hall–Kier alpha value is -1.96. The number of benzene rings is 2. The van der Waals surface area contributed by atoms with Crippen molar-refractivity contribution >= 4 is 29.9 Å². The lowest BCUT2D eigenvalue weighted by molar-refractivity contribution is 0.354. The Bertz CT molecular complexity index is 733. The van der Waals surface area contributed by atoms with Crippen LogP contribution in [-0.4, -0.2) is 33.8 Å². The molecule has 0 radical (unpaired) electrons. The maximum absolute atomic E-state index is 5.35. The van der Waals surface area contributed by atoms with Crippen molar-refractivity contribution in [1.82, 2.24) is 10.6 Å². The van der Waals surface area contributed by atoms with Crippen molar-refractivity contribution in [2.75, 3.05) is 27.8 Å². The third-order valence-electron chi connectivity index (χ3n) is 4.35. The number of nitrogens with one attached hydrogen (secondary N) is 2. The monoisotopic (exact) mass is 483 g/mol. The van der Waals surface area contributed by atoms with E-state index in [1.165, 1.54) is 11.1 Å². The van der Waals surface area contributed by atoms with Gasteiger partial charge in [-0.1, -0.05) is 42.8 Å². The third kappa shape index (κ3) is 6.93. The first kappa shape index (κ1) is 23.1. The third-order valence-corrected chi connectivity index (χ3v) is 4.35. The van der Waals surface area contributed by atoms with Gasteiger partial charge in [-0.2, -0.15) is 0 Å². The average Bonchev–Trinajstić information content (AvgIpc) is 2.68. The molecule has 0 aliphatic carbocycles. The van der Waals surface area contributed by atoms with E-state index in [4.69, 9.17) is 9.47 Å². The van der Waals surface area contributed by atoms with E-state index in [1.807, 2.05) is 18.2 Å². The fraction of sp³-hybridized carbons (Fsp3) is 0.381. The molecule has 5 nitrogen and oxygen atoms in total. The second-order valence-corrected chi connectivity index (χ2v) is 6.31. The molecular formula is C21H30IN3O2. The van der Waals surface area contributed by atoms with Crippen molar-refractivity contribution in [1.29, 1.82) is 0 Å². The number of rotatable bonds is 7. The SMILES string of the molecule is CN=C(NCc1ccc(OC)c(OC)c1)NCC(C)c1ccc(C)cc1.I. The first-order chi connectivity index (χ1) is 12.6. The van der Waals surface area contributed by atoms with E-state index in [0.717, 1.165) is 29.6 Å². The van der Waals surface area contributed by atoms with Crippen LogP contribution in [0.2, 0.25) is 0 Å². The summed E-state index contributed by atoms with van der Waals surface area (Å²) in [7, 11) is 5.05. The smallest absolute Gasteiger partial charge is 0.191 e. The van der Waals surface area contributed by atoms with Crippen LogP contribution in [0.25, 0.3) is 0 Å². The summed E-state index contributed by atoms with van der Waals surface area (Å²) >= 11 is 0. The van der Waals surface area contributed by atoms with Gasteiger partial charge in [0.1, 0.15) is 0 Å². The van der Waals surface area contributed by atoms with E-state index < -0.39 is 0 Å². The van der Waals surface area contributed by atoms with Gasteiger partial charge in [-0.25, -0.2) is 0 Å². The van der Waals surface area contributed by atoms with Crippen LogP contribution in [0.4, 0.5) is 0 Å². The summed E-state index contributed by atoms with van der Waals surface area (Å²) in [6.45, 7) is 5.78. The van der Waals surface area contributed by atoms with Gasteiger partial charge in [0.2, 0.25) is 0 Å². The van der Waals surface area contributed by atoms with Crippen molar-refractivity contribution < 1.29 is 9.47 Å². The molecule has 2 aromatic rings. The first-order valence-corrected chi connectivity index (χ1v) is 8.79. The summed E-state index contributed by atoms with van der Waals surface area (Å²) < 4.78 is 10.6. The zero-order chi connectivity index (χ0) is 18.9. The number of guanidine groups is 1. The van der Waals surface area contributed by atoms with Gasteiger partial charge in [0, 0.05) is 20.1 Å². The molecule has 2 N–H and O–H groups in total. The van der Waals surface area contributed by atoms with E-state index in [0.29, 0.717) is 12.5 Å². The molecule has 0 bridgehead atoms. The number of ether oxygens (including phenoxy) is 2. The van der Waals surface area contributed by atoms with Crippen LogP contribution < -0.4 is 20.1 Å². The molecule has 2 aromatic carbocycles. The van der Waals surface area contributed by atoms with Crippen LogP contribution in [-0.2, 0) is 6.54 Å². The summed E-state index contributed by atoms with van der Waals surface area (Å²) in [6, 6.07) is 14.5. The Labute approximate surface area is 179 Å². The predicted molar refractivity (Wildman–Crippen MR) is 123 cm³/mol. The lowest BCUT2D eigenvalue weighted by Crippen LogP contribution is -2.38. The van der Waals surface area contributed by atoms with E-state index in [1.54, 1.807) is 21.3 Å². The van der Waals surface area contributed by atoms with Crippen molar-refractivity contribution in [3.8, 4) is 11.5 Å². The van der Waals surface area contributed by atoms with Crippen molar-refractivity contribution in [3.63, 3.8) is 0 Å². The molecule has 1 atom stereocenters. The van der Waals surface area contributed by atoms with Gasteiger partial charge in [0.25, 0.3) is 0 Å². The molecule has 0 fully saturated rings. The summed E-state index contributed by atoms with van der Waals surface area (Å²) in [4.78, 5) is 4.30. The molecule has 2 rings (SSSR count). The molecule has 6 heteroatoms. The molecule has 0 aliphatic heterocycles. The van der Waals surface area contributed by atoms with E-state index in [-0.39, 0.29) is 24.0 Å². The van der Waals surface area contributed by atoms with Crippen LogP contribution in [0, 0.1) is 6.92 Å². The fourth-order valence-electron chi connectivity index (χ4n) is 2.66. The minimum Gasteiger partial charge on any atom is -0.493 e. The van der Waals surface area contributed by atoms with Gasteiger partial charge in [-0.15, -0.1) is 24.0 Å². The first-order valence-electron chi connectivity index (χ1n) is 8.79. The second kappa shape index (κ2) is 11.7. The number of hydrogen-bond donors (Lipinski definition) is 2. The van der Waals surface area contributed by atoms with Crippen molar-refractivity contribution in [2.45, 2.75) is 26.3 Å². The molecule has 0 amide bonds. The molecule has 0 spiro atoms. The molecule has 1 unspecified atom stereocenters. The lowest BCUT2D eigenvalue weighted by Gasteiger charge is -2.17.